The van der Waals surface area contributed by atoms with Gasteiger partial charge in [0.05, 0.1) is 6.04 Å². The highest BCUT2D eigenvalue weighted by Crippen LogP contribution is 2.12. The van der Waals surface area contributed by atoms with E-state index in [2.05, 4.69) is 5.32 Å². The SMILES string of the molecule is CCCC(CC)N(O)C(=O)Nc1ccccc1. The number of benzene rings is 1. The van der Waals surface area contributed by atoms with Crippen LogP contribution in [0.4, 0.5) is 10.5 Å². The first-order chi connectivity index (χ1) is 8.19. The molecule has 2 N–H and O–H groups in total. The van der Waals surface area contributed by atoms with Gasteiger partial charge in [0.1, 0.15) is 0 Å². The van der Waals surface area contributed by atoms with E-state index in [9.17, 15) is 10.0 Å². The highest BCUT2D eigenvalue weighted by atomic mass is 16.5. The van der Waals surface area contributed by atoms with Crippen LogP contribution in [0.15, 0.2) is 30.3 Å². The number of hydrogen-bond acceptors (Lipinski definition) is 2. The molecule has 0 aliphatic heterocycles. The number of anilines is 1. The molecule has 2 amide bonds. The summed E-state index contributed by atoms with van der Waals surface area (Å²) in [5.41, 5.74) is 0.683. The number of carbonyl (C=O) groups excluding carboxylic acids is 1. The second-order valence-corrected chi connectivity index (χ2v) is 3.99. The number of urea groups is 1. The Bertz CT molecular complexity index is 341. The molecule has 0 saturated heterocycles. The number of para-hydroxylation sites is 1. The fraction of sp³-hybridized carbons (Fsp3) is 0.462. The minimum absolute atomic E-state index is 0.122. The van der Waals surface area contributed by atoms with Gasteiger partial charge < -0.3 is 5.32 Å². The van der Waals surface area contributed by atoms with E-state index in [-0.39, 0.29) is 6.04 Å². The third-order valence-electron chi connectivity index (χ3n) is 2.67. The van der Waals surface area contributed by atoms with Crippen molar-refractivity contribution in [1.29, 1.82) is 0 Å². The molecule has 0 aliphatic rings. The van der Waals surface area contributed by atoms with Gasteiger partial charge in [0.15, 0.2) is 0 Å². The van der Waals surface area contributed by atoms with Crippen LogP contribution in [0, 0.1) is 0 Å². The van der Waals surface area contributed by atoms with Gasteiger partial charge in [0, 0.05) is 5.69 Å². The Balaban J connectivity index is 2.57. The van der Waals surface area contributed by atoms with Crippen molar-refractivity contribution < 1.29 is 10.0 Å². The van der Waals surface area contributed by atoms with Gasteiger partial charge >= 0.3 is 6.03 Å². The number of hydrogen-bond donors (Lipinski definition) is 2. The van der Waals surface area contributed by atoms with Gasteiger partial charge in [-0.05, 0) is 25.0 Å². The maximum absolute atomic E-state index is 11.8. The van der Waals surface area contributed by atoms with Crippen LogP contribution in [0.2, 0.25) is 0 Å². The molecule has 0 bridgehead atoms. The van der Waals surface area contributed by atoms with E-state index in [1.165, 1.54) is 0 Å². The van der Waals surface area contributed by atoms with Gasteiger partial charge in [0.2, 0.25) is 0 Å². The fourth-order valence-electron chi connectivity index (χ4n) is 1.70. The van der Waals surface area contributed by atoms with E-state index >= 15 is 0 Å². The minimum Gasteiger partial charge on any atom is -0.306 e. The lowest BCUT2D eigenvalue weighted by molar-refractivity contribution is -0.0761. The summed E-state index contributed by atoms with van der Waals surface area (Å²) in [4.78, 5) is 11.8. The molecule has 0 spiro atoms. The van der Waals surface area contributed by atoms with Crippen LogP contribution in [-0.2, 0) is 0 Å². The smallest absolute Gasteiger partial charge is 0.306 e. The Morgan fingerprint density at radius 1 is 1.35 bits per heavy atom. The van der Waals surface area contributed by atoms with E-state index < -0.39 is 6.03 Å². The van der Waals surface area contributed by atoms with Gasteiger partial charge in [-0.15, -0.1) is 0 Å². The van der Waals surface area contributed by atoms with Crippen molar-refractivity contribution in [3.63, 3.8) is 0 Å². The summed E-state index contributed by atoms with van der Waals surface area (Å²) < 4.78 is 0. The van der Waals surface area contributed by atoms with Crippen molar-refractivity contribution in [1.82, 2.24) is 5.06 Å². The van der Waals surface area contributed by atoms with Crippen LogP contribution in [-0.4, -0.2) is 22.3 Å². The lowest BCUT2D eigenvalue weighted by Crippen LogP contribution is -2.40. The van der Waals surface area contributed by atoms with Gasteiger partial charge in [-0.2, -0.15) is 0 Å². The number of nitrogens with one attached hydrogen (secondary N) is 1. The number of nitrogens with zero attached hydrogens (tertiary/aromatic N) is 1. The Labute approximate surface area is 102 Å². The normalized spacial score (nSPS) is 11.9. The lowest BCUT2D eigenvalue weighted by atomic mass is 10.1. The summed E-state index contributed by atoms with van der Waals surface area (Å²) in [6.45, 7) is 3.99. The van der Waals surface area contributed by atoms with E-state index in [1.54, 1.807) is 12.1 Å². The van der Waals surface area contributed by atoms with Crippen LogP contribution in [0.5, 0.6) is 0 Å². The molecule has 4 nitrogen and oxygen atoms in total. The Hall–Kier alpha value is -1.55. The van der Waals surface area contributed by atoms with E-state index in [1.807, 2.05) is 32.0 Å². The first kappa shape index (κ1) is 13.5. The van der Waals surface area contributed by atoms with Gasteiger partial charge in [-0.25, -0.2) is 9.86 Å². The van der Waals surface area contributed by atoms with Crippen molar-refractivity contribution in [2.45, 2.75) is 39.2 Å². The summed E-state index contributed by atoms with van der Waals surface area (Å²) in [5.74, 6) is 0. The second-order valence-electron chi connectivity index (χ2n) is 3.99. The number of carbonyl (C=O) groups is 1. The summed E-state index contributed by atoms with van der Waals surface area (Å²) in [5, 5.41) is 13.2. The van der Waals surface area contributed by atoms with Crippen LogP contribution in [0.3, 0.4) is 0 Å². The van der Waals surface area contributed by atoms with Crippen LogP contribution in [0.25, 0.3) is 0 Å². The number of amides is 2. The molecular formula is C13H20N2O2. The van der Waals surface area contributed by atoms with Gasteiger partial charge in [-0.3, -0.25) is 5.21 Å². The molecule has 0 aromatic heterocycles. The molecular weight excluding hydrogens is 216 g/mol. The molecule has 1 aromatic carbocycles. The maximum Gasteiger partial charge on any atom is 0.345 e. The average molecular weight is 236 g/mol. The van der Waals surface area contributed by atoms with Crippen LogP contribution >= 0.6 is 0 Å². The maximum atomic E-state index is 11.8. The zero-order valence-corrected chi connectivity index (χ0v) is 10.4. The third-order valence-corrected chi connectivity index (χ3v) is 2.67. The number of rotatable bonds is 5. The molecule has 1 atom stereocenters. The van der Waals surface area contributed by atoms with Gasteiger partial charge in [0.25, 0.3) is 0 Å². The first-order valence-electron chi connectivity index (χ1n) is 6.03. The van der Waals surface area contributed by atoms with Crippen molar-refractivity contribution in [2.75, 3.05) is 5.32 Å². The lowest BCUT2D eigenvalue weighted by Gasteiger charge is -2.24. The molecule has 0 heterocycles. The largest absolute Gasteiger partial charge is 0.345 e. The zero-order valence-electron chi connectivity index (χ0n) is 10.4. The summed E-state index contributed by atoms with van der Waals surface area (Å²) >= 11 is 0. The molecule has 0 saturated carbocycles. The molecule has 1 rings (SSSR count). The average Bonchev–Trinajstić information content (AvgIpc) is 2.36. The van der Waals surface area contributed by atoms with Crippen molar-refractivity contribution in [3.05, 3.63) is 30.3 Å². The highest BCUT2D eigenvalue weighted by Gasteiger charge is 2.19. The highest BCUT2D eigenvalue weighted by molar-refractivity contribution is 5.88. The van der Waals surface area contributed by atoms with Crippen molar-refractivity contribution in [2.24, 2.45) is 0 Å². The van der Waals surface area contributed by atoms with Crippen molar-refractivity contribution in [3.8, 4) is 0 Å². The Kier molecular flexibility index (Phi) is 5.49. The zero-order chi connectivity index (χ0) is 12.7. The molecule has 94 valence electrons. The predicted molar refractivity (Wildman–Crippen MR) is 68.1 cm³/mol. The van der Waals surface area contributed by atoms with Crippen LogP contribution in [0.1, 0.15) is 33.1 Å². The van der Waals surface area contributed by atoms with E-state index in [4.69, 9.17) is 0 Å². The molecule has 0 radical (unpaired) electrons. The number of hydroxylamine groups is 2. The molecule has 17 heavy (non-hydrogen) atoms. The monoisotopic (exact) mass is 236 g/mol. The molecule has 4 heteroatoms. The third kappa shape index (κ3) is 4.07. The minimum atomic E-state index is -0.475. The van der Waals surface area contributed by atoms with E-state index in [0.29, 0.717) is 5.69 Å². The summed E-state index contributed by atoms with van der Waals surface area (Å²) in [7, 11) is 0. The predicted octanol–water partition coefficient (Wildman–Crippen LogP) is 3.49. The second kappa shape index (κ2) is 6.91. The quantitative estimate of drug-likeness (QED) is 0.607. The first-order valence-corrected chi connectivity index (χ1v) is 6.03. The summed E-state index contributed by atoms with van der Waals surface area (Å²) in [6, 6.07) is 8.51. The van der Waals surface area contributed by atoms with Crippen molar-refractivity contribution >= 4 is 11.7 Å². The topological polar surface area (TPSA) is 52.6 Å². The van der Waals surface area contributed by atoms with Gasteiger partial charge in [-0.1, -0.05) is 38.5 Å². The fourth-order valence-corrected chi connectivity index (χ4v) is 1.70. The van der Waals surface area contributed by atoms with E-state index in [0.717, 1.165) is 24.3 Å². The standard InChI is InChI=1S/C13H20N2O2/c1-3-8-12(4-2)15(17)13(16)14-11-9-6-5-7-10-11/h5-7,9-10,12,17H,3-4,8H2,1-2H3,(H,14,16). The Morgan fingerprint density at radius 3 is 2.53 bits per heavy atom. The Morgan fingerprint density at radius 2 is 2.00 bits per heavy atom. The summed E-state index contributed by atoms with van der Waals surface area (Å²) in [6.07, 6.45) is 2.48. The molecule has 0 fully saturated rings. The molecule has 1 unspecified atom stereocenters. The molecule has 0 aliphatic carbocycles. The van der Waals surface area contributed by atoms with Crippen LogP contribution < -0.4 is 5.32 Å². The molecule has 1 aromatic rings.